The van der Waals surface area contributed by atoms with Crippen LogP contribution in [0.25, 0.3) is 0 Å². The van der Waals surface area contributed by atoms with Crippen molar-refractivity contribution in [3.05, 3.63) is 29.8 Å². The zero-order chi connectivity index (χ0) is 12.4. The summed E-state index contributed by atoms with van der Waals surface area (Å²) in [5.41, 5.74) is 0.907. The number of hydrogen-bond acceptors (Lipinski definition) is 3. The normalized spacial score (nSPS) is 21.9. The molecule has 1 aromatic carbocycles. The standard InChI is InChI=1S/C13H17NO2S/c1-9(15)10-3-5-11(6-4-10)17-12-7-8-14(2)13(12)16/h3-6,9,12,15H,7-8H2,1-2H3. The Morgan fingerprint density at radius 1 is 1.41 bits per heavy atom. The zero-order valence-electron chi connectivity index (χ0n) is 10.1. The lowest BCUT2D eigenvalue weighted by Crippen LogP contribution is -2.23. The lowest BCUT2D eigenvalue weighted by Gasteiger charge is -2.10. The Balaban J connectivity index is 2.02. The van der Waals surface area contributed by atoms with E-state index in [1.54, 1.807) is 23.6 Å². The first-order valence-corrected chi connectivity index (χ1v) is 6.65. The molecule has 1 heterocycles. The van der Waals surface area contributed by atoms with Gasteiger partial charge in [-0.3, -0.25) is 4.79 Å². The minimum absolute atomic E-state index is 0.0531. The topological polar surface area (TPSA) is 40.5 Å². The van der Waals surface area contributed by atoms with E-state index in [0.717, 1.165) is 23.4 Å². The third kappa shape index (κ3) is 2.82. The Kier molecular flexibility index (Phi) is 3.74. The first-order chi connectivity index (χ1) is 8.08. The second-order valence-electron chi connectivity index (χ2n) is 4.40. The maximum absolute atomic E-state index is 11.7. The summed E-state index contributed by atoms with van der Waals surface area (Å²) in [6.45, 7) is 2.60. The second-order valence-corrected chi connectivity index (χ2v) is 5.68. The van der Waals surface area contributed by atoms with Gasteiger partial charge < -0.3 is 10.0 Å². The molecule has 0 aromatic heterocycles. The van der Waals surface area contributed by atoms with Crippen LogP contribution in [-0.4, -0.2) is 34.8 Å². The fourth-order valence-corrected chi connectivity index (χ4v) is 3.01. The summed E-state index contributed by atoms with van der Waals surface area (Å²) in [4.78, 5) is 14.6. The van der Waals surface area contributed by atoms with Gasteiger partial charge >= 0.3 is 0 Å². The number of amides is 1. The number of carbonyl (C=O) groups is 1. The predicted molar refractivity (Wildman–Crippen MR) is 69.0 cm³/mol. The van der Waals surface area contributed by atoms with Crippen LogP contribution in [-0.2, 0) is 4.79 Å². The van der Waals surface area contributed by atoms with Gasteiger partial charge in [-0.05, 0) is 31.0 Å². The largest absolute Gasteiger partial charge is 0.389 e. The smallest absolute Gasteiger partial charge is 0.235 e. The van der Waals surface area contributed by atoms with Crippen molar-refractivity contribution in [2.45, 2.75) is 29.6 Å². The molecule has 2 unspecified atom stereocenters. The fraction of sp³-hybridized carbons (Fsp3) is 0.462. The number of rotatable bonds is 3. The molecule has 0 aliphatic carbocycles. The molecule has 0 radical (unpaired) electrons. The van der Waals surface area contributed by atoms with Crippen molar-refractivity contribution >= 4 is 17.7 Å². The van der Waals surface area contributed by atoms with Gasteiger partial charge in [0.2, 0.25) is 5.91 Å². The summed E-state index contributed by atoms with van der Waals surface area (Å²) < 4.78 is 0. The second kappa shape index (κ2) is 5.10. The minimum atomic E-state index is -0.437. The summed E-state index contributed by atoms with van der Waals surface area (Å²) >= 11 is 1.61. The van der Waals surface area contributed by atoms with Gasteiger partial charge in [0.15, 0.2) is 0 Å². The summed E-state index contributed by atoms with van der Waals surface area (Å²) in [7, 11) is 1.85. The highest BCUT2D eigenvalue weighted by atomic mass is 32.2. The molecule has 2 atom stereocenters. The molecular formula is C13H17NO2S. The number of likely N-dealkylation sites (tertiary alicyclic amines) is 1. The molecule has 17 heavy (non-hydrogen) atoms. The van der Waals surface area contributed by atoms with E-state index in [1.807, 2.05) is 31.3 Å². The third-order valence-electron chi connectivity index (χ3n) is 3.02. The van der Waals surface area contributed by atoms with E-state index in [0.29, 0.717) is 0 Å². The first kappa shape index (κ1) is 12.5. The van der Waals surface area contributed by atoms with Crippen molar-refractivity contribution in [3.8, 4) is 0 Å². The van der Waals surface area contributed by atoms with Gasteiger partial charge in [-0.15, -0.1) is 11.8 Å². The van der Waals surface area contributed by atoms with E-state index in [-0.39, 0.29) is 11.2 Å². The molecule has 1 aliphatic rings. The lowest BCUT2D eigenvalue weighted by molar-refractivity contribution is -0.126. The number of benzene rings is 1. The molecule has 92 valence electrons. The first-order valence-electron chi connectivity index (χ1n) is 5.77. The number of aliphatic hydroxyl groups is 1. The average Bonchev–Trinajstić information content (AvgIpc) is 2.62. The highest BCUT2D eigenvalue weighted by Gasteiger charge is 2.29. The molecule has 1 N–H and O–H groups in total. The van der Waals surface area contributed by atoms with E-state index in [9.17, 15) is 9.90 Å². The molecule has 1 saturated heterocycles. The monoisotopic (exact) mass is 251 g/mol. The molecule has 1 fully saturated rings. The maximum atomic E-state index is 11.7. The SMILES string of the molecule is CC(O)c1ccc(SC2CCN(C)C2=O)cc1. The van der Waals surface area contributed by atoms with Crippen LogP contribution in [0.3, 0.4) is 0 Å². The van der Waals surface area contributed by atoms with Gasteiger partial charge in [0.1, 0.15) is 0 Å². The lowest BCUT2D eigenvalue weighted by atomic mass is 10.1. The Hall–Kier alpha value is -1.00. The van der Waals surface area contributed by atoms with Crippen molar-refractivity contribution in [2.24, 2.45) is 0 Å². The van der Waals surface area contributed by atoms with Crippen LogP contribution in [0.4, 0.5) is 0 Å². The molecule has 1 amide bonds. The Labute approximate surface area is 106 Å². The van der Waals surface area contributed by atoms with Crippen LogP contribution in [0.5, 0.6) is 0 Å². The molecule has 0 saturated carbocycles. The molecule has 2 rings (SSSR count). The quantitative estimate of drug-likeness (QED) is 0.894. The number of carbonyl (C=O) groups excluding carboxylic acids is 1. The van der Waals surface area contributed by atoms with E-state index < -0.39 is 6.10 Å². The molecule has 1 aliphatic heterocycles. The van der Waals surface area contributed by atoms with Crippen molar-refractivity contribution in [1.82, 2.24) is 4.90 Å². The maximum Gasteiger partial charge on any atom is 0.235 e. The van der Waals surface area contributed by atoms with Crippen molar-refractivity contribution in [3.63, 3.8) is 0 Å². The average molecular weight is 251 g/mol. The Bertz CT molecular complexity index is 402. The van der Waals surface area contributed by atoms with Crippen molar-refractivity contribution < 1.29 is 9.90 Å². The van der Waals surface area contributed by atoms with Gasteiger partial charge in [-0.2, -0.15) is 0 Å². The highest BCUT2D eigenvalue weighted by molar-refractivity contribution is 8.00. The summed E-state index contributed by atoms with van der Waals surface area (Å²) in [5.74, 6) is 0.217. The van der Waals surface area contributed by atoms with Gasteiger partial charge in [0.05, 0.1) is 11.4 Å². The molecule has 3 nitrogen and oxygen atoms in total. The Morgan fingerprint density at radius 2 is 2.06 bits per heavy atom. The summed E-state index contributed by atoms with van der Waals surface area (Å²) in [6.07, 6.45) is 0.478. The van der Waals surface area contributed by atoms with Crippen LogP contribution < -0.4 is 0 Å². The molecule has 4 heteroatoms. The number of nitrogens with zero attached hydrogens (tertiary/aromatic N) is 1. The highest BCUT2D eigenvalue weighted by Crippen LogP contribution is 2.30. The van der Waals surface area contributed by atoms with Gasteiger partial charge in [0.25, 0.3) is 0 Å². The van der Waals surface area contributed by atoms with Crippen LogP contribution in [0.2, 0.25) is 0 Å². The summed E-state index contributed by atoms with van der Waals surface area (Å²) in [5, 5.41) is 9.46. The van der Waals surface area contributed by atoms with E-state index >= 15 is 0 Å². The minimum Gasteiger partial charge on any atom is -0.389 e. The molecular weight excluding hydrogens is 234 g/mol. The van der Waals surface area contributed by atoms with E-state index in [2.05, 4.69) is 0 Å². The molecule has 0 spiro atoms. The zero-order valence-corrected chi connectivity index (χ0v) is 10.9. The summed E-state index contributed by atoms with van der Waals surface area (Å²) in [6, 6.07) is 7.77. The van der Waals surface area contributed by atoms with E-state index in [1.165, 1.54) is 0 Å². The van der Waals surface area contributed by atoms with Crippen molar-refractivity contribution in [1.29, 1.82) is 0 Å². The van der Waals surface area contributed by atoms with E-state index in [4.69, 9.17) is 0 Å². The fourth-order valence-electron chi connectivity index (χ4n) is 1.89. The Morgan fingerprint density at radius 3 is 2.53 bits per heavy atom. The molecule has 0 bridgehead atoms. The van der Waals surface area contributed by atoms with Crippen LogP contribution in [0, 0.1) is 0 Å². The van der Waals surface area contributed by atoms with Crippen LogP contribution in [0.1, 0.15) is 25.0 Å². The van der Waals surface area contributed by atoms with Crippen LogP contribution >= 0.6 is 11.8 Å². The predicted octanol–water partition coefficient (Wildman–Crippen LogP) is 2.06. The van der Waals surface area contributed by atoms with Crippen molar-refractivity contribution in [2.75, 3.05) is 13.6 Å². The van der Waals surface area contributed by atoms with Gasteiger partial charge in [-0.25, -0.2) is 0 Å². The number of thioether (sulfide) groups is 1. The van der Waals surface area contributed by atoms with Gasteiger partial charge in [-0.1, -0.05) is 12.1 Å². The third-order valence-corrected chi connectivity index (χ3v) is 4.29. The van der Waals surface area contributed by atoms with Crippen LogP contribution in [0.15, 0.2) is 29.2 Å². The van der Waals surface area contributed by atoms with Gasteiger partial charge in [0, 0.05) is 18.5 Å². The number of hydrogen-bond donors (Lipinski definition) is 1. The number of aliphatic hydroxyl groups excluding tert-OH is 1. The molecule has 1 aromatic rings.